The maximum Gasteiger partial charge on any atom is 0.262 e. The molecule has 1 amide bonds. The van der Waals surface area contributed by atoms with Crippen LogP contribution in [-0.2, 0) is 4.79 Å². The Morgan fingerprint density at radius 2 is 2.10 bits per heavy atom. The van der Waals surface area contributed by atoms with E-state index in [4.69, 9.17) is 16.3 Å². The fourth-order valence-electron chi connectivity index (χ4n) is 1.47. The van der Waals surface area contributed by atoms with Gasteiger partial charge < -0.3 is 10.1 Å². The molecule has 1 aromatic carbocycles. The Kier molecular flexibility index (Phi) is 5.56. The molecule has 21 heavy (non-hydrogen) atoms. The molecule has 6 heteroatoms. The van der Waals surface area contributed by atoms with E-state index >= 15 is 0 Å². The maximum atomic E-state index is 12.9. The lowest BCUT2D eigenvalue weighted by Crippen LogP contribution is -2.52. The van der Waals surface area contributed by atoms with Crippen LogP contribution in [0.15, 0.2) is 18.2 Å². The second kappa shape index (κ2) is 6.77. The lowest BCUT2D eigenvalue weighted by Gasteiger charge is -2.28. The van der Waals surface area contributed by atoms with Crippen LogP contribution in [0.4, 0.5) is 4.39 Å². The number of ether oxygens (including phenoxy) is 1. The van der Waals surface area contributed by atoms with Gasteiger partial charge in [0.25, 0.3) is 5.91 Å². The van der Waals surface area contributed by atoms with Crippen molar-refractivity contribution < 1.29 is 13.9 Å². The van der Waals surface area contributed by atoms with Gasteiger partial charge in [0, 0.05) is 0 Å². The number of benzene rings is 1. The van der Waals surface area contributed by atoms with Crippen LogP contribution in [0.5, 0.6) is 5.75 Å². The number of amides is 1. The first-order valence-corrected chi connectivity index (χ1v) is 6.92. The zero-order valence-electron chi connectivity index (χ0n) is 12.4. The number of nitrogens with one attached hydrogen (secondary N) is 1. The maximum absolute atomic E-state index is 12.9. The minimum absolute atomic E-state index is 0.0620. The van der Waals surface area contributed by atoms with E-state index < -0.39 is 23.4 Å². The second-order valence-electron chi connectivity index (χ2n) is 5.29. The van der Waals surface area contributed by atoms with Gasteiger partial charge in [0.1, 0.15) is 17.1 Å². The van der Waals surface area contributed by atoms with Crippen molar-refractivity contribution in [1.29, 1.82) is 5.26 Å². The Bertz CT molecular complexity index is 571. The number of hydrogen-bond donors (Lipinski definition) is 1. The number of nitriles is 1. The zero-order valence-corrected chi connectivity index (χ0v) is 13.2. The first-order valence-electron chi connectivity index (χ1n) is 6.54. The van der Waals surface area contributed by atoms with Gasteiger partial charge >= 0.3 is 0 Å². The van der Waals surface area contributed by atoms with E-state index in [1.807, 2.05) is 13.8 Å². The van der Waals surface area contributed by atoms with E-state index in [-0.39, 0.29) is 16.7 Å². The van der Waals surface area contributed by atoms with Crippen LogP contribution >= 0.6 is 11.6 Å². The number of nitrogens with zero attached hydrogens (tertiary/aromatic N) is 1. The molecule has 0 bridgehead atoms. The van der Waals surface area contributed by atoms with E-state index in [1.165, 1.54) is 19.1 Å². The van der Waals surface area contributed by atoms with Gasteiger partial charge in [0.05, 0.1) is 11.1 Å². The van der Waals surface area contributed by atoms with Crippen LogP contribution in [0.3, 0.4) is 0 Å². The number of carbonyl (C=O) groups excluding carboxylic acids is 1. The Morgan fingerprint density at radius 3 is 2.57 bits per heavy atom. The highest BCUT2D eigenvalue weighted by atomic mass is 35.5. The summed E-state index contributed by atoms with van der Waals surface area (Å²) in [5.74, 6) is -0.772. The molecule has 0 radical (unpaired) electrons. The zero-order chi connectivity index (χ0) is 16.2. The van der Waals surface area contributed by atoms with Gasteiger partial charge in [-0.15, -0.1) is 0 Å². The molecule has 0 aliphatic rings. The summed E-state index contributed by atoms with van der Waals surface area (Å²) in [6.07, 6.45) is -0.862. The van der Waals surface area contributed by atoms with Gasteiger partial charge in [-0.2, -0.15) is 5.26 Å². The molecule has 1 aromatic rings. The quantitative estimate of drug-likeness (QED) is 0.907. The van der Waals surface area contributed by atoms with Crippen molar-refractivity contribution in [2.24, 2.45) is 5.92 Å². The van der Waals surface area contributed by atoms with Gasteiger partial charge in [-0.3, -0.25) is 4.79 Å². The Balaban J connectivity index is 2.78. The van der Waals surface area contributed by atoms with Crippen LogP contribution in [0.2, 0.25) is 5.02 Å². The normalized spacial score (nSPS) is 15.0. The topological polar surface area (TPSA) is 62.1 Å². The summed E-state index contributed by atoms with van der Waals surface area (Å²) in [5.41, 5.74) is -0.985. The molecular weight excluding hydrogens is 295 g/mol. The number of hydrogen-bond acceptors (Lipinski definition) is 3. The van der Waals surface area contributed by atoms with Gasteiger partial charge in [0.15, 0.2) is 6.10 Å². The molecule has 0 aromatic heterocycles. The van der Waals surface area contributed by atoms with Gasteiger partial charge in [-0.25, -0.2) is 4.39 Å². The van der Waals surface area contributed by atoms with Crippen molar-refractivity contribution >= 4 is 17.5 Å². The number of rotatable bonds is 5. The molecule has 0 saturated carbocycles. The molecule has 1 N–H and O–H groups in total. The molecule has 0 aliphatic carbocycles. The van der Waals surface area contributed by atoms with Gasteiger partial charge in [-0.05, 0) is 38.0 Å². The highest BCUT2D eigenvalue weighted by Crippen LogP contribution is 2.26. The predicted octanol–water partition coefficient (Wildman–Crippen LogP) is 3.30. The van der Waals surface area contributed by atoms with E-state index in [0.29, 0.717) is 0 Å². The highest BCUT2D eigenvalue weighted by Gasteiger charge is 2.32. The standard InChI is InChI=1S/C15H18ClFN2O2/c1-9(2)15(4,8-18)19-14(20)10(3)21-13-6-5-11(17)7-12(13)16/h5-7,9-10H,1-4H3,(H,19,20)/t10-,15-/m0/s1. The van der Waals surface area contributed by atoms with E-state index in [2.05, 4.69) is 11.4 Å². The molecule has 0 aliphatic heterocycles. The SMILES string of the molecule is CC(C)[C@](C)(C#N)NC(=O)[C@H](C)Oc1ccc(F)cc1Cl. The lowest BCUT2D eigenvalue weighted by molar-refractivity contribution is -0.128. The van der Waals surface area contributed by atoms with Crippen LogP contribution < -0.4 is 10.1 Å². The largest absolute Gasteiger partial charge is 0.479 e. The molecule has 0 fully saturated rings. The van der Waals surface area contributed by atoms with Gasteiger partial charge in [0.2, 0.25) is 0 Å². The number of carbonyl (C=O) groups is 1. The van der Waals surface area contributed by atoms with Crippen LogP contribution in [0, 0.1) is 23.1 Å². The van der Waals surface area contributed by atoms with Crippen molar-refractivity contribution in [2.45, 2.75) is 39.3 Å². The summed E-state index contributed by atoms with van der Waals surface area (Å²) in [5, 5.41) is 11.9. The Labute approximate surface area is 128 Å². The summed E-state index contributed by atoms with van der Waals surface area (Å²) in [7, 11) is 0. The third-order valence-corrected chi connectivity index (χ3v) is 3.63. The molecule has 114 valence electrons. The summed E-state index contributed by atoms with van der Waals surface area (Å²) in [6, 6.07) is 5.74. The predicted molar refractivity (Wildman–Crippen MR) is 78.5 cm³/mol. The van der Waals surface area contributed by atoms with Crippen molar-refractivity contribution in [3.8, 4) is 11.8 Å². The third-order valence-electron chi connectivity index (χ3n) is 3.34. The Morgan fingerprint density at radius 1 is 1.48 bits per heavy atom. The molecule has 4 nitrogen and oxygen atoms in total. The van der Waals surface area contributed by atoms with Crippen LogP contribution in [0.25, 0.3) is 0 Å². The fourth-order valence-corrected chi connectivity index (χ4v) is 1.69. The average molecular weight is 313 g/mol. The molecule has 0 unspecified atom stereocenters. The van der Waals surface area contributed by atoms with E-state index in [9.17, 15) is 14.4 Å². The average Bonchev–Trinajstić information content (AvgIpc) is 2.41. The fraction of sp³-hybridized carbons (Fsp3) is 0.467. The molecule has 1 rings (SSSR count). The van der Waals surface area contributed by atoms with Crippen molar-refractivity contribution in [1.82, 2.24) is 5.32 Å². The lowest BCUT2D eigenvalue weighted by atomic mass is 9.90. The van der Waals surface area contributed by atoms with Crippen molar-refractivity contribution in [3.05, 3.63) is 29.0 Å². The smallest absolute Gasteiger partial charge is 0.262 e. The molecule has 2 atom stereocenters. The molecule has 0 spiro atoms. The monoisotopic (exact) mass is 312 g/mol. The van der Waals surface area contributed by atoms with Crippen molar-refractivity contribution in [2.75, 3.05) is 0 Å². The van der Waals surface area contributed by atoms with E-state index in [1.54, 1.807) is 6.92 Å². The highest BCUT2D eigenvalue weighted by molar-refractivity contribution is 6.32. The molecule has 0 saturated heterocycles. The van der Waals surface area contributed by atoms with Crippen LogP contribution in [0.1, 0.15) is 27.7 Å². The van der Waals surface area contributed by atoms with Crippen LogP contribution in [-0.4, -0.2) is 17.6 Å². The third kappa shape index (κ3) is 4.33. The summed E-state index contributed by atoms with van der Waals surface area (Å²) in [6.45, 7) is 6.86. The summed E-state index contributed by atoms with van der Waals surface area (Å²) < 4.78 is 18.4. The molecular formula is C15H18ClFN2O2. The summed E-state index contributed by atoms with van der Waals surface area (Å²) >= 11 is 5.84. The van der Waals surface area contributed by atoms with Gasteiger partial charge in [-0.1, -0.05) is 25.4 Å². The first kappa shape index (κ1) is 17.3. The second-order valence-corrected chi connectivity index (χ2v) is 5.70. The molecule has 0 heterocycles. The van der Waals surface area contributed by atoms with Crippen molar-refractivity contribution in [3.63, 3.8) is 0 Å². The summed E-state index contributed by atoms with van der Waals surface area (Å²) in [4.78, 5) is 12.1. The Hall–Kier alpha value is -1.80. The number of halogens is 2. The minimum atomic E-state index is -0.985. The minimum Gasteiger partial charge on any atom is -0.479 e. The first-order chi connectivity index (χ1) is 9.69. The van der Waals surface area contributed by atoms with E-state index in [0.717, 1.165) is 6.07 Å².